The summed E-state index contributed by atoms with van der Waals surface area (Å²) >= 11 is 5.80. The SMILES string of the molecule is O=C(N/N=C\c1ccccc1OCc1ccccc1F)c1ccc(Cl)cc1. The summed E-state index contributed by atoms with van der Waals surface area (Å²) in [6.07, 6.45) is 1.48. The van der Waals surface area contributed by atoms with Crippen molar-refractivity contribution in [3.63, 3.8) is 0 Å². The van der Waals surface area contributed by atoms with Gasteiger partial charge in [0.15, 0.2) is 0 Å². The van der Waals surface area contributed by atoms with Crippen molar-refractivity contribution in [2.75, 3.05) is 0 Å². The van der Waals surface area contributed by atoms with Gasteiger partial charge in [-0.2, -0.15) is 5.10 Å². The number of amides is 1. The van der Waals surface area contributed by atoms with Gasteiger partial charge in [0.1, 0.15) is 18.2 Å². The molecular weight excluding hydrogens is 367 g/mol. The summed E-state index contributed by atoms with van der Waals surface area (Å²) in [5, 5.41) is 4.51. The molecule has 3 aromatic rings. The largest absolute Gasteiger partial charge is 0.488 e. The van der Waals surface area contributed by atoms with Crippen molar-refractivity contribution < 1.29 is 13.9 Å². The van der Waals surface area contributed by atoms with E-state index in [1.165, 1.54) is 12.3 Å². The number of carbonyl (C=O) groups is 1. The van der Waals surface area contributed by atoms with Gasteiger partial charge in [-0.1, -0.05) is 41.9 Å². The molecule has 0 unspecified atom stereocenters. The van der Waals surface area contributed by atoms with Crippen LogP contribution in [0.1, 0.15) is 21.5 Å². The molecule has 0 aromatic heterocycles. The quantitative estimate of drug-likeness (QED) is 0.490. The number of hydrogen-bond donors (Lipinski definition) is 1. The first-order valence-electron chi connectivity index (χ1n) is 8.17. The fourth-order valence-corrected chi connectivity index (χ4v) is 2.44. The molecule has 0 saturated carbocycles. The summed E-state index contributed by atoms with van der Waals surface area (Å²) < 4.78 is 19.4. The Labute approximate surface area is 161 Å². The van der Waals surface area contributed by atoms with Gasteiger partial charge < -0.3 is 4.74 Å². The van der Waals surface area contributed by atoms with E-state index < -0.39 is 0 Å². The smallest absolute Gasteiger partial charge is 0.271 e. The summed E-state index contributed by atoms with van der Waals surface area (Å²) in [6, 6.07) is 20.1. The fourth-order valence-electron chi connectivity index (χ4n) is 2.32. The molecule has 0 aliphatic heterocycles. The Morgan fingerprint density at radius 3 is 2.52 bits per heavy atom. The highest BCUT2D eigenvalue weighted by Crippen LogP contribution is 2.18. The third kappa shape index (κ3) is 5.15. The molecule has 1 amide bonds. The fraction of sp³-hybridized carbons (Fsp3) is 0.0476. The number of halogens is 2. The Bertz CT molecular complexity index is 958. The van der Waals surface area contributed by atoms with E-state index >= 15 is 0 Å². The minimum absolute atomic E-state index is 0.0919. The minimum Gasteiger partial charge on any atom is -0.488 e. The average molecular weight is 383 g/mol. The highest BCUT2D eigenvalue weighted by molar-refractivity contribution is 6.30. The number of nitrogens with one attached hydrogen (secondary N) is 1. The lowest BCUT2D eigenvalue weighted by molar-refractivity contribution is 0.0955. The van der Waals surface area contributed by atoms with Crippen LogP contribution in [0.5, 0.6) is 5.75 Å². The lowest BCUT2D eigenvalue weighted by atomic mass is 10.2. The van der Waals surface area contributed by atoms with E-state index in [0.717, 1.165) is 0 Å². The lowest BCUT2D eigenvalue weighted by Crippen LogP contribution is -2.17. The molecular formula is C21H16ClFN2O2. The molecule has 0 fully saturated rings. The number of hydrogen-bond acceptors (Lipinski definition) is 3. The maximum Gasteiger partial charge on any atom is 0.271 e. The molecule has 0 aliphatic carbocycles. The highest BCUT2D eigenvalue weighted by atomic mass is 35.5. The Morgan fingerprint density at radius 2 is 1.74 bits per heavy atom. The van der Waals surface area contributed by atoms with Crippen LogP contribution in [-0.4, -0.2) is 12.1 Å². The van der Waals surface area contributed by atoms with Crippen LogP contribution >= 0.6 is 11.6 Å². The van der Waals surface area contributed by atoms with Gasteiger partial charge >= 0.3 is 0 Å². The normalized spacial score (nSPS) is 10.7. The van der Waals surface area contributed by atoms with Crippen molar-refractivity contribution in [1.29, 1.82) is 0 Å². The van der Waals surface area contributed by atoms with Crippen LogP contribution in [0.2, 0.25) is 5.02 Å². The van der Waals surface area contributed by atoms with Crippen LogP contribution in [0, 0.1) is 5.82 Å². The van der Waals surface area contributed by atoms with Crippen LogP contribution in [0.3, 0.4) is 0 Å². The van der Waals surface area contributed by atoms with E-state index in [-0.39, 0.29) is 18.3 Å². The number of carbonyl (C=O) groups excluding carboxylic acids is 1. The van der Waals surface area contributed by atoms with Gasteiger partial charge in [0, 0.05) is 21.7 Å². The molecule has 1 N–H and O–H groups in total. The summed E-state index contributed by atoms with van der Waals surface area (Å²) in [7, 11) is 0. The first kappa shape index (κ1) is 18.6. The number of rotatable bonds is 6. The Balaban J connectivity index is 1.65. The van der Waals surface area contributed by atoms with E-state index in [1.54, 1.807) is 60.7 Å². The molecule has 6 heteroatoms. The molecule has 136 valence electrons. The first-order chi connectivity index (χ1) is 13.1. The Hall–Kier alpha value is -3.18. The van der Waals surface area contributed by atoms with E-state index in [2.05, 4.69) is 10.5 Å². The number of para-hydroxylation sites is 1. The number of ether oxygens (including phenoxy) is 1. The van der Waals surface area contributed by atoms with Crippen molar-refractivity contribution in [1.82, 2.24) is 5.43 Å². The summed E-state index contributed by atoms with van der Waals surface area (Å²) in [5.41, 5.74) is 4.01. The summed E-state index contributed by atoms with van der Waals surface area (Å²) in [4.78, 5) is 12.0. The van der Waals surface area contributed by atoms with Gasteiger partial charge in [0.05, 0.1) is 6.21 Å². The van der Waals surface area contributed by atoms with Crippen molar-refractivity contribution in [2.24, 2.45) is 5.10 Å². The monoisotopic (exact) mass is 382 g/mol. The number of benzene rings is 3. The predicted molar refractivity (Wildman–Crippen MR) is 104 cm³/mol. The van der Waals surface area contributed by atoms with Crippen molar-refractivity contribution >= 4 is 23.7 Å². The van der Waals surface area contributed by atoms with Crippen LogP contribution in [-0.2, 0) is 6.61 Å². The lowest BCUT2D eigenvalue weighted by Gasteiger charge is -2.09. The maximum atomic E-state index is 13.7. The maximum absolute atomic E-state index is 13.7. The van der Waals surface area contributed by atoms with E-state index in [9.17, 15) is 9.18 Å². The summed E-state index contributed by atoms with van der Waals surface area (Å²) in [6.45, 7) is 0.0919. The van der Waals surface area contributed by atoms with Crippen LogP contribution in [0.4, 0.5) is 4.39 Å². The van der Waals surface area contributed by atoms with Crippen LogP contribution < -0.4 is 10.2 Å². The molecule has 27 heavy (non-hydrogen) atoms. The van der Waals surface area contributed by atoms with Crippen molar-refractivity contribution in [3.8, 4) is 5.75 Å². The molecule has 0 heterocycles. The first-order valence-corrected chi connectivity index (χ1v) is 8.55. The van der Waals surface area contributed by atoms with Gasteiger partial charge in [-0.3, -0.25) is 4.79 Å². The molecule has 0 radical (unpaired) electrons. The van der Waals surface area contributed by atoms with Crippen molar-refractivity contribution in [3.05, 3.63) is 100 Å². The predicted octanol–water partition coefficient (Wildman–Crippen LogP) is 4.82. The second-order valence-corrected chi connectivity index (χ2v) is 6.06. The molecule has 0 spiro atoms. The van der Waals surface area contributed by atoms with E-state index in [1.807, 2.05) is 6.07 Å². The molecule has 4 nitrogen and oxygen atoms in total. The van der Waals surface area contributed by atoms with Gasteiger partial charge in [0.2, 0.25) is 0 Å². The third-order valence-electron chi connectivity index (χ3n) is 3.74. The Kier molecular flexibility index (Phi) is 6.18. The molecule has 3 rings (SSSR count). The second-order valence-electron chi connectivity index (χ2n) is 5.62. The van der Waals surface area contributed by atoms with E-state index in [0.29, 0.717) is 27.5 Å². The standard InChI is InChI=1S/C21H16ClFN2O2/c22-18-11-9-15(10-12-18)21(26)25-24-13-16-5-2-4-8-20(16)27-14-17-6-1-3-7-19(17)23/h1-13H,14H2,(H,25,26)/b24-13-. The van der Waals surface area contributed by atoms with Crippen LogP contribution in [0.25, 0.3) is 0 Å². The zero-order valence-electron chi connectivity index (χ0n) is 14.2. The molecule has 0 saturated heterocycles. The molecule has 3 aromatic carbocycles. The Morgan fingerprint density at radius 1 is 1.04 bits per heavy atom. The molecule has 0 atom stereocenters. The zero-order valence-corrected chi connectivity index (χ0v) is 15.0. The van der Waals surface area contributed by atoms with E-state index in [4.69, 9.17) is 16.3 Å². The number of hydrazone groups is 1. The van der Waals surface area contributed by atoms with Gasteiger partial charge in [-0.25, -0.2) is 9.82 Å². The van der Waals surface area contributed by atoms with Gasteiger partial charge in [-0.15, -0.1) is 0 Å². The topological polar surface area (TPSA) is 50.7 Å². The third-order valence-corrected chi connectivity index (χ3v) is 3.99. The average Bonchev–Trinajstić information content (AvgIpc) is 2.69. The zero-order chi connectivity index (χ0) is 19.1. The molecule has 0 aliphatic rings. The van der Waals surface area contributed by atoms with Gasteiger partial charge in [-0.05, 0) is 42.5 Å². The molecule has 0 bridgehead atoms. The summed E-state index contributed by atoms with van der Waals surface area (Å²) in [5.74, 6) is -0.142. The number of nitrogens with zero attached hydrogens (tertiary/aromatic N) is 1. The van der Waals surface area contributed by atoms with Crippen LogP contribution in [0.15, 0.2) is 77.9 Å². The van der Waals surface area contributed by atoms with Gasteiger partial charge in [0.25, 0.3) is 5.91 Å². The minimum atomic E-state index is -0.354. The van der Waals surface area contributed by atoms with Crippen molar-refractivity contribution in [2.45, 2.75) is 6.61 Å². The highest BCUT2D eigenvalue weighted by Gasteiger charge is 2.06. The second kappa shape index (κ2) is 8.96.